The molecule has 1 aromatic heterocycles. The van der Waals surface area contributed by atoms with Gasteiger partial charge in [-0.2, -0.15) is 0 Å². The van der Waals surface area contributed by atoms with Gasteiger partial charge in [-0.05, 0) is 5.56 Å². The second-order valence-corrected chi connectivity index (χ2v) is 5.55. The lowest BCUT2D eigenvalue weighted by Gasteiger charge is -2.10. The lowest BCUT2D eigenvalue weighted by molar-refractivity contribution is 0.112. The molecule has 0 radical (unpaired) electrons. The fraction of sp³-hybridized carbons (Fsp3) is 0.211. The molecule has 2 aromatic carbocycles. The highest BCUT2D eigenvalue weighted by atomic mass is 19.1. The molecule has 3 aromatic rings. The van der Waals surface area contributed by atoms with E-state index < -0.39 is 5.82 Å². The van der Waals surface area contributed by atoms with Gasteiger partial charge in [0.15, 0.2) is 0 Å². The molecule has 130 valence electrons. The van der Waals surface area contributed by atoms with Crippen molar-refractivity contribution in [2.45, 2.75) is 19.8 Å². The summed E-state index contributed by atoms with van der Waals surface area (Å²) in [5, 5.41) is 9.39. The van der Waals surface area contributed by atoms with Crippen LogP contribution in [0.1, 0.15) is 11.3 Å². The van der Waals surface area contributed by atoms with Crippen LogP contribution in [-0.4, -0.2) is 21.3 Å². The number of hydrogen-bond acceptors (Lipinski definition) is 4. The normalized spacial score (nSPS) is 10.8. The third kappa shape index (κ3) is 5.06. The highest BCUT2D eigenvalue weighted by molar-refractivity contribution is 5.32. The molecule has 6 heteroatoms. The summed E-state index contributed by atoms with van der Waals surface area (Å²) in [4.78, 5) is 4.11. The summed E-state index contributed by atoms with van der Waals surface area (Å²) in [6.45, 7) is 1.96. The van der Waals surface area contributed by atoms with E-state index >= 15 is 0 Å². The van der Waals surface area contributed by atoms with Crippen molar-refractivity contribution in [3.63, 3.8) is 0 Å². The van der Waals surface area contributed by atoms with Gasteiger partial charge >= 0.3 is 0 Å². The second-order valence-electron chi connectivity index (χ2n) is 5.55. The Balaban J connectivity index is 1.48. The van der Waals surface area contributed by atoms with E-state index in [4.69, 9.17) is 9.47 Å². The van der Waals surface area contributed by atoms with Crippen LogP contribution in [0.25, 0.3) is 0 Å². The third-order valence-corrected chi connectivity index (χ3v) is 3.63. The quantitative estimate of drug-likeness (QED) is 0.636. The SMILES string of the molecule is Oc1cc(F)cc(OCc2cncn2CCOCc2ccccc2)c1. The molecule has 1 heterocycles. The zero-order valence-electron chi connectivity index (χ0n) is 13.6. The summed E-state index contributed by atoms with van der Waals surface area (Å²) in [6, 6.07) is 13.6. The van der Waals surface area contributed by atoms with Crippen molar-refractivity contribution in [2.75, 3.05) is 6.61 Å². The van der Waals surface area contributed by atoms with Crippen LogP contribution in [0.15, 0.2) is 61.1 Å². The number of imidazole rings is 1. The maximum atomic E-state index is 13.2. The summed E-state index contributed by atoms with van der Waals surface area (Å²) in [7, 11) is 0. The molecule has 0 atom stereocenters. The number of phenolic OH excluding ortho intramolecular Hbond substituents is 1. The van der Waals surface area contributed by atoms with Crippen molar-refractivity contribution in [2.24, 2.45) is 0 Å². The minimum Gasteiger partial charge on any atom is -0.508 e. The number of phenols is 1. The largest absolute Gasteiger partial charge is 0.508 e. The van der Waals surface area contributed by atoms with E-state index in [1.165, 1.54) is 12.1 Å². The van der Waals surface area contributed by atoms with Gasteiger partial charge in [-0.15, -0.1) is 0 Å². The van der Waals surface area contributed by atoms with Crippen molar-refractivity contribution < 1.29 is 19.0 Å². The molecule has 0 saturated heterocycles. The van der Waals surface area contributed by atoms with Crippen LogP contribution in [0.5, 0.6) is 11.5 Å². The average molecular weight is 342 g/mol. The molecule has 0 aliphatic carbocycles. The van der Waals surface area contributed by atoms with Gasteiger partial charge in [0.05, 0.1) is 31.4 Å². The Bertz CT molecular complexity index is 785. The van der Waals surface area contributed by atoms with Crippen molar-refractivity contribution in [1.82, 2.24) is 9.55 Å². The predicted octanol–water partition coefficient (Wildman–Crippen LogP) is 3.52. The fourth-order valence-corrected chi connectivity index (χ4v) is 2.39. The lowest BCUT2D eigenvalue weighted by atomic mass is 10.2. The Morgan fingerprint density at radius 2 is 1.92 bits per heavy atom. The number of rotatable bonds is 8. The Morgan fingerprint density at radius 3 is 2.72 bits per heavy atom. The zero-order valence-corrected chi connectivity index (χ0v) is 13.6. The van der Waals surface area contributed by atoms with E-state index in [2.05, 4.69) is 4.98 Å². The van der Waals surface area contributed by atoms with Gasteiger partial charge in [0.2, 0.25) is 0 Å². The van der Waals surface area contributed by atoms with Gasteiger partial charge < -0.3 is 19.1 Å². The summed E-state index contributed by atoms with van der Waals surface area (Å²) in [5.41, 5.74) is 1.97. The van der Waals surface area contributed by atoms with Gasteiger partial charge in [-0.1, -0.05) is 30.3 Å². The molecule has 0 saturated carbocycles. The maximum absolute atomic E-state index is 13.2. The number of halogens is 1. The fourth-order valence-electron chi connectivity index (χ4n) is 2.39. The topological polar surface area (TPSA) is 56.5 Å². The van der Waals surface area contributed by atoms with Crippen LogP contribution in [0.4, 0.5) is 4.39 Å². The molecule has 0 aliphatic heterocycles. The van der Waals surface area contributed by atoms with Gasteiger partial charge in [0.25, 0.3) is 0 Å². The van der Waals surface area contributed by atoms with Crippen molar-refractivity contribution >= 4 is 0 Å². The number of nitrogens with zero attached hydrogens (tertiary/aromatic N) is 2. The van der Waals surface area contributed by atoms with Gasteiger partial charge in [-0.3, -0.25) is 0 Å². The minimum atomic E-state index is -0.544. The van der Waals surface area contributed by atoms with Crippen molar-refractivity contribution in [3.05, 3.63) is 78.1 Å². The molecule has 25 heavy (non-hydrogen) atoms. The molecule has 0 spiro atoms. The molecule has 1 N–H and O–H groups in total. The molecule has 0 aliphatic rings. The van der Waals surface area contributed by atoms with Gasteiger partial charge in [-0.25, -0.2) is 9.37 Å². The van der Waals surface area contributed by atoms with Crippen LogP contribution < -0.4 is 4.74 Å². The average Bonchev–Trinajstić information content (AvgIpc) is 3.04. The second kappa shape index (κ2) is 8.30. The Kier molecular flexibility index (Phi) is 5.64. The highest BCUT2D eigenvalue weighted by Gasteiger charge is 2.05. The standard InChI is InChI=1S/C19H19FN2O3/c20-16-8-18(23)10-19(9-16)25-13-17-11-21-14-22(17)6-7-24-12-15-4-2-1-3-5-15/h1-5,8-11,14,23H,6-7,12-13H2. The van der Waals surface area contributed by atoms with Crippen LogP contribution in [-0.2, 0) is 24.5 Å². The number of hydrogen-bond donors (Lipinski definition) is 1. The summed E-state index contributed by atoms with van der Waals surface area (Å²) >= 11 is 0. The Hall–Kier alpha value is -2.86. The molecule has 3 rings (SSSR count). The van der Waals surface area contributed by atoms with Gasteiger partial charge in [0, 0.05) is 24.7 Å². The van der Waals surface area contributed by atoms with E-state index in [0.29, 0.717) is 19.8 Å². The number of aromatic nitrogens is 2. The summed E-state index contributed by atoms with van der Waals surface area (Å²) in [5.74, 6) is -0.443. The van der Waals surface area contributed by atoms with E-state index in [1.807, 2.05) is 34.9 Å². The number of aromatic hydroxyl groups is 1. The first-order chi connectivity index (χ1) is 12.2. The predicted molar refractivity (Wildman–Crippen MR) is 90.7 cm³/mol. The molecule has 0 bridgehead atoms. The smallest absolute Gasteiger partial charge is 0.130 e. The third-order valence-electron chi connectivity index (χ3n) is 3.63. The molecule has 5 nitrogen and oxygen atoms in total. The first-order valence-corrected chi connectivity index (χ1v) is 7.94. The molecule has 0 unspecified atom stereocenters. The Labute approximate surface area is 145 Å². The lowest BCUT2D eigenvalue weighted by Crippen LogP contribution is -2.10. The van der Waals surface area contributed by atoms with Crippen molar-refractivity contribution in [1.29, 1.82) is 0 Å². The number of ether oxygens (including phenoxy) is 2. The minimum absolute atomic E-state index is 0.169. The van der Waals surface area contributed by atoms with E-state index in [9.17, 15) is 9.50 Å². The highest BCUT2D eigenvalue weighted by Crippen LogP contribution is 2.21. The van der Waals surface area contributed by atoms with E-state index in [1.54, 1.807) is 12.5 Å². The monoisotopic (exact) mass is 342 g/mol. The molecule has 0 amide bonds. The first-order valence-electron chi connectivity index (χ1n) is 7.94. The van der Waals surface area contributed by atoms with Crippen LogP contribution in [0.3, 0.4) is 0 Å². The first kappa shape index (κ1) is 17.0. The Morgan fingerprint density at radius 1 is 1.08 bits per heavy atom. The van der Waals surface area contributed by atoms with Crippen LogP contribution in [0.2, 0.25) is 0 Å². The zero-order chi connectivity index (χ0) is 17.5. The summed E-state index contributed by atoms with van der Waals surface area (Å²) in [6.07, 6.45) is 3.39. The summed E-state index contributed by atoms with van der Waals surface area (Å²) < 4.78 is 26.4. The van der Waals surface area contributed by atoms with E-state index in [-0.39, 0.29) is 18.1 Å². The van der Waals surface area contributed by atoms with E-state index in [0.717, 1.165) is 17.3 Å². The molecule has 0 fully saturated rings. The molecular formula is C19H19FN2O3. The van der Waals surface area contributed by atoms with Gasteiger partial charge in [0.1, 0.15) is 23.9 Å². The van der Waals surface area contributed by atoms with Crippen LogP contribution in [0, 0.1) is 5.82 Å². The molecular weight excluding hydrogens is 323 g/mol. The number of benzene rings is 2. The van der Waals surface area contributed by atoms with Crippen molar-refractivity contribution in [3.8, 4) is 11.5 Å². The maximum Gasteiger partial charge on any atom is 0.130 e. The van der Waals surface area contributed by atoms with Crippen LogP contribution >= 0.6 is 0 Å².